The van der Waals surface area contributed by atoms with Crippen LogP contribution in [0, 0.1) is 5.92 Å². The molecule has 0 bridgehead atoms. The molecule has 122 valence electrons. The van der Waals surface area contributed by atoms with Crippen LogP contribution in [-0.2, 0) is 0 Å². The van der Waals surface area contributed by atoms with Crippen molar-refractivity contribution in [3.8, 4) is 0 Å². The lowest BCUT2D eigenvalue weighted by molar-refractivity contribution is -0.00965. The van der Waals surface area contributed by atoms with Crippen molar-refractivity contribution in [2.45, 2.75) is 102 Å². The van der Waals surface area contributed by atoms with Gasteiger partial charge in [-0.15, -0.1) is 0 Å². The van der Waals surface area contributed by atoms with Gasteiger partial charge >= 0.3 is 0 Å². The lowest BCUT2D eigenvalue weighted by atomic mass is 9.84. The summed E-state index contributed by atoms with van der Waals surface area (Å²) in [5, 5.41) is 3.95. The van der Waals surface area contributed by atoms with Crippen LogP contribution in [0.3, 0.4) is 0 Å². The Hall–Kier alpha value is -0.0800. The molecule has 0 aromatic rings. The molecule has 1 heterocycles. The normalized spacial score (nSPS) is 33.1. The van der Waals surface area contributed by atoms with E-state index in [2.05, 4.69) is 24.1 Å². The molecule has 1 spiro atoms. The van der Waals surface area contributed by atoms with E-state index in [0.717, 1.165) is 18.0 Å². The Labute approximate surface area is 132 Å². The molecule has 21 heavy (non-hydrogen) atoms. The molecule has 2 nitrogen and oxygen atoms in total. The molecule has 0 aromatic heterocycles. The third-order valence-corrected chi connectivity index (χ3v) is 6.83. The Morgan fingerprint density at radius 3 is 2.33 bits per heavy atom. The van der Waals surface area contributed by atoms with E-state index in [1.807, 2.05) is 0 Å². The Morgan fingerprint density at radius 1 is 1.05 bits per heavy atom. The monoisotopic (exact) mass is 292 g/mol. The van der Waals surface area contributed by atoms with E-state index in [1.165, 1.54) is 83.7 Å². The summed E-state index contributed by atoms with van der Waals surface area (Å²) in [5.41, 5.74) is 0.527. The summed E-state index contributed by atoms with van der Waals surface area (Å²) in [7, 11) is 0. The van der Waals surface area contributed by atoms with Gasteiger partial charge in [0.05, 0.1) is 0 Å². The molecule has 2 atom stereocenters. The van der Waals surface area contributed by atoms with Gasteiger partial charge in [0.1, 0.15) is 0 Å². The van der Waals surface area contributed by atoms with E-state index < -0.39 is 0 Å². The first-order valence-corrected chi connectivity index (χ1v) is 9.75. The highest BCUT2D eigenvalue weighted by Crippen LogP contribution is 2.41. The smallest absolute Gasteiger partial charge is 0.0337 e. The minimum absolute atomic E-state index is 0.527. The number of rotatable bonds is 3. The first kappa shape index (κ1) is 15.8. The number of nitrogens with one attached hydrogen (secondary N) is 1. The highest BCUT2D eigenvalue weighted by atomic mass is 15.3. The van der Waals surface area contributed by atoms with Gasteiger partial charge in [0.2, 0.25) is 0 Å². The van der Waals surface area contributed by atoms with Crippen LogP contribution in [0.15, 0.2) is 0 Å². The van der Waals surface area contributed by atoms with E-state index in [1.54, 1.807) is 0 Å². The zero-order valence-corrected chi connectivity index (χ0v) is 14.4. The molecule has 2 unspecified atom stereocenters. The third-order valence-electron chi connectivity index (χ3n) is 6.83. The van der Waals surface area contributed by atoms with Crippen LogP contribution in [0.1, 0.15) is 84.5 Å². The number of piperazine rings is 1. The van der Waals surface area contributed by atoms with Crippen molar-refractivity contribution in [2.24, 2.45) is 5.92 Å². The second-order valence-electron chi connectivity index (χ2n) is 8.10. The van der Waals surface area contributed by atoms with Crippen molar-refractivity contribution < 1.29 is 0 Å². The van der Waals surface area contributed by atoms with Crippen LogP contribution in [0.5, 0.6) is 0 Å². The lowest BCUT2D eigenvalue weighted by Crippen LogP contribution is -2.67. The Balaban J connectivity index is 1.75. The quantitative estimate of drug-likeness (QED) is 0.778. The zero-order valence-electron chi connectivity index (χ0n) is 14.4. The highest BCUT2D eigenvalue weighted by molar-refractivity contribution is 5.04. The molecule has 0 amide bonds. The number of nitrogens with zero attached hydrogens (tertiary/aromatic N) is 1. The van der Waals surface area contributed by atoms with Gasteiger partial charge in [0, 0.05) is 30.7 Å². The van der Waals surface area contributed by atoms with Crippen LogP contribution >= 0.6 is 0 Å². The molecule has 0 aromatic carbocycles. The van der Waals surface area contributed by atoms with Crippen molar-refractivity contribution in [3.63, 3.8) is 0 Å². The maximum atomic E-state index is 3.95. The highest BCUT2D eigenvalue weighted by Gasteiger charge is 2.46. The standard InChI is InChI=1S/C19H36N2/c1-3-16(2)18-14-21(17-10-6-4-5-7-11-17)19(15-20-18)12-8-9-13-19/h16-18,20H,3-15H2,1-2H3. The summed E-state index contributed by atoms with van der Waals surface area (Å²) in [4.78, 5) is 3.03. The molecule has 1 N–H and O–H groups in total. The SMILES string of the molecule is CCC(C)C1CN(C2CCCCCC2)C2(CCCC2)CN1. The summed E-state index contributed by atoms with van der Waals surface area (Å²) in [6, 6.07) is 1.61. The van der Waals surface area contributed by atoms with E-state index in [9.17, 15) is 0 Å². The summed E-state index contributed by atoms with van der Waals surface area (Å²) in [6.45, 7) is 7.37. The van der Waals surface area contributed by atoms with Crippen molar-refractivity contribution in [3.05, 3.63) is 0 Å². The molecule has 1 saturated heterocycles. The topological polar surface area (TPSA) is 15.3 Å². The van der Waals surface area contributed by atoms with Gasteiger partial charge in [0.15, 0.2) is 0 Å². The second kappa shape index (κ2) is 7.00. The minimum Gasteiger partial charge on any atom is -0.311 e. The van der Waals surface area contributed by atoms with Gasteiger partial charge in [-0.2, -0.15) is 0 Å². The minimum atomic E-state index is 0.527. The van der Waals surface area contributed by atoms with Crippen LogP contribution in [0.4, 0.5) is 0 Å². The van der Waals surface area contributed by atoms with Crippen molar-refractivity contribution in [1.82, 2.24) is 10.2 Å². The summed E-state index contributed by atoms with van der Waals surface area (Å²) >= 11 is 0. The van der Waals surface area contributed by atoms with Gasteiger partial charge in [-0.05, 0) is 31.6 Å². The lowest BCUT2D eigenvalue weighted by Gasteiger charge is -2.53. The Bertz CT molecular complexity index is 314. The van der Waals surface area contributed by atoms with Gasteiger partial charge in [-0.25, -0.2) is 0 Å². The second-order valence-corrected chi connectivity index (χ2v) is 8.10. The predicted molar refractivity (Wildman–Crippen MR) is 90.6 cm³/mol. The van der Waals surface area contributed by atoms with Crippen molar-refractivity contribution in [1.29, 1.82) is 0 Å². The largest absolute Gasteiger partial charge is 0.311 e. The van der Waals surface area contributed by atoms with Crippen LogP contribution in [0.25, 0.3) is 0 Å². The fraction of sp³-hybridized carbons (Fsp3) is 1.00. The van der Waals surface area contributed by atoms with Crippen LogP contribution in [-0.4, -0.2) is 35.6 Å². The molecule has 3 aliphatic rings. The fourth-order valence-corrected chi connectivity index (χ4v) is 5.16. The average molecular weight is 293 g/mol. The third kappa shape index (κ3) is 3.32. The van der Waals surface area contributed by atoms with Crippen molar-refractivity contribution in [2.75, 3.05) is 13.1 Å². The van der Waals surface area contributed by atoms with Gasteiger partial charge in [-0.1, -0.05) is 58.8 Å². The van der Waals surface area contributed by atoms with E-state index in [4.69, 9.17) is 0 Å². The van der Waals surface area contributed by atoms with Gasteiger partial charge in [-0.3, -0.25) is 4.90 Å². The molecular weight excluding hydrogens is 256 g/mol. The maximum absolute atomic E-state index is 3.95. The first-order valence-electron chi connectivity index (χ1n) is 9.75. The molecule has 2 heteroatoms. The average Bonchev–Trinajstić information content (AvgIpc) is 2.81. The summed E-state index contributed by atoms with van der Waals surface area (Å²) in [5.74, 6) is 0.817. The molecule has 2 saturated carbocycles. The summed E-state index contributed by atoms with van der Waals surface area (Å²) < 4.78 is 0. The Kier molecular flexibility index (Phi) is 5.27. The molecule has 3 rings (SSSR count). The van der Waals surface area contributed by atoms with E-state index >= 15 is 0 Å². The Morgan fingerprint density at radius 2 is 1.71 bits per heavy atom. The molecular formula is C19H36N2. The molecule has 3 fully saturated rings. The van der Waals surface area contributed by atoms with Crippen LogP contribution in [0.2, 0.25) is 0 Å². The van der Waals surface area contributed by atoms with Gasteiger partial charge in [0.25, 0.3) is 0 Å². The van der Waals surface area contributed by atoms with E-state index in [-0.39, 0.29) is 0 Å². The van der Waals surface area contributed by atoms with Crippen LogP contribution < -0.4 is 5.32 Å². The molecule has 0 radical (unpaired) electrons. The summed E-state index contributed by atoms with van der Waals surface area (Å²) in [6.07, 6.45) is 15.9. The predicted octanol–water partition coefficient (Wildman–Crippen LogP) is 4.34. The molecule has 1 aliphatic heterocycles. The number of hydrogen-bond donors (Lipinski definition) is 1. The zero-order chi connectivity index (χ0) is 14.7. The van der Waals surface area contributed by atoms with E-state index in [0.29, 0.717) is 5.54 Å². The first-order chi connectivity index (χ1) is 10.2. The number of hydrogen-bond acceptors (Lipinski definition) is 2. The fourth-order valence-electron chi connectivity index (χ4n) is 5.16. The van der Waals surface area contributed by atoms with Gasteiger partial charge < -0.3 is 5.32 Å². The molecule has 2 aliphatic carbocycles. The maximum Gasteiger partial charge on any atom is 0.0337 e. The van der Waals surface area contributed by atoms with Crippen molar-refractivity contribution >= 4 is 0 Å².